The molecule has 0 aliphatic carbocycles. The lowest BCUT2D eigenvalue weighted by atomic mass is 9.98. The van der Waals surface area contributed by atoms with E-state index in [2.05, 4.69) is 5.32 Å². The van der Waals surface area contributed by atoms with E-state index in [1.807, 2.05) is 60.3 Å². The molecule has 0 saturated carbocycles. The first-order valence-electron chi connectivity index (χ1n) is 7.97. The smallest absolute Gasteiger partial charge is 0.226 e. The highest BCUT2D eigenvalue weighted by atomic mass is 35.5. The number of aryl methyl sites for hydroxylation is 1. The molecule has 3 rings (SSSR count). The van der Waals surface area contributed by atoms with Gasteiger partial charge in [-0.05, 0) is 48.4 Å². The van der Waals surface area contributed by atoms with E-state index in [9.17, 15) is 9.18 Å². The summed E-state index contributed by atoms with van der Waals surface area (Å²) in [6.45, 7) is 2.03. The second kappa shape index (κ2) is 7.53. The number of rotatable bonds is 5. The summed E-state index contributed by atoms with van der Waals surface area (Å²) < 4.78 is 15.3. The van der Waals surface area contributed by atoms with Crippen LogP contribution in [0, 0.1) is 12.7 Å². The van der Waals surface area contributed by atoms with Crippen LogP contribution >= 0.6 is 11.6 Å². The molecule has 2 aromatic carbocycles. The van der Waals surface area contributed by atoms with Gasteiger partial charge in [0.2, 0.25) is 5.91 Å². The fourth-order valence-corrected chi connectivity index (χ4v) is 3.03. The Labute approximate surface area is 151 Å². The first-order valence-corrected chi connectivity index (χ1v) is 8.35. The highest BCUT2D eigenvalue weighted by Crippen LogP contribution is 2.26. The first-order chi connectivity index (χ1) is 12.0. The molecule has 0 spiro atoms. The van der Waals surface area contributed by atoms with Crippen LogP contribution in [-0.4, -0.2) is 10.5 Å². The lowest BCUT2D eigenvalue weighted by molar-refractivity contribution is -0.116. The van der Waals surface area contributed by atoms with Gasteiger partial charge in [0.15, 0.2) is 0 Å². The van der Waals surface area contributed by atoms with Gasteiger partial charge in [0.05, 0.1) is 17.5 Å². The van der Waals surface area contributed by atoms with E-state index in [1.54, 1.807) is 0 Å². The number of carbonyl (C=O) groups excluding carboxylic acids is 1. The second-order valence-electron chi connectivity index (χ2n) is 5.88. The Morgan fingerprint density at radius 3 is 2.56 bits per heavy atom. The molecule has 0 aliphatic heterocycles. The highest BCUT2D eigenvalue weighted by molar-refractivity contribution is 6.31. The van der Waals surface area contributed by atoms with E-state index in [-0.39, 0.29) is 23.4 Å². The largest absolute Gasteiger partial charge is 0.346 e. The quantitative estimate of drug-likeness (QED) is 0.669. The summed E-state index contributed by atoms with van der Waals surface area (Å²) in [5.74, 6) is -0.672. The van der Waals surface area contributed by atoms with Gasteiger partial charge < -0.3 is 9.88 Å². The van der Waals surface area contributed by atoms with Crippen molar-refractivity contribution in [1.29, 1.82) is 0 Å². The molecule has 1 atom stereocenters. The number of halogens is 2. The number of benzene rings is 2. The minimum Gasteiger partial charge on any atom is -0.346 e. The number of nitrogens with zero attached hydrogens (tertiary/aromatic N) is 1. The zero-order chi connectivity index (χ0) is 17.8. The van der Waals surface area contributed by atoms with Crippen LogP contribution in [0.15, 0.2) is 67.0 Å². The van der Waals surface area contributed by atoms with E-state index < -0.39 is 5.82 Å². The van der Waals surface area contributed by atoms with Crippen LogP contribution in [0.2, 0.25) is 5.02 Å². The van der Waals surface area contributed by atoms with Crippen LogP contribution in [0.3, 0.4) is 0 Å². The maximum Gasteiger partial charge on any atom is 0.226 e. The number of aromatic nitrogens is 1. The van der Waals surface area contributed by atoms with Gasteiger partial charge in [0.25, 0.3) is 0 Å². The summed E-state index contributed by atoms with van der Waals surface area (Å²) in [7, 11) is 0. The van der Waals surface area contributed by atoms with Crippen LogP contribution in [0.5, 0.6) is 0 Å². The van der Waals surface area contributed by atoms with Gasteiger partial charge in [-0.3, -0.25) is 4.79 Å². The molecule has 0 fully saturated rings. The van der Waals surface area contributed by atoms with E-state index in [4.69, 9.17) is 11.6 Å². The fourth-order valence-electron chi connectivity index (χ4n) is 2.85. The van der Waals surface area contributed by atoms with Crippen molar-refractivity contribution in [3.05, 3.63) is 89.0 Å². The zero-order valence-corrected chi connectivity index (χ0v) is 14.5. The molecule has 0 aliphatic rings. The van der Waals surface area contributed by atoms with Crippen molar-refractivity contribution in [1.82, 2.24) is 4.57 Å². The molecule has 1 heterocycles. The Kier molecular flexibility index (Phi) is 5.19. The van der Waals surface area contributed by atoms with E-state index in [0.717, 1.165) is 11.1 Å². The summed E-state index contributed by atoms with van der Waals surface area (Å²) in [6.07, 6.45) is 4.15. The molecule has 1 aromatic heterocycles. The summed E-state index contributed by atoms with van der Waals surface area (Å²) in [5, 5.41) is 2.77. The minimum absolute atomic E-state index is 0.0151. The van der Waals surface area contributed by atoms with E-state index >= 15 is 0 Å². The second-order valence-corrected chi connectivity index (χ2v) is 6.29. The van der Waals surface area contributed by atoms with Crippen molar-refractivity contribution in [2.45, 2.75) is 19.4 Å². The maximum atomic E-state index is 13.2. The van der Waals surface area contributed by atoms with Crippen LogP contribution in [0.1, 0.15) is 23.6 Å². The summed E-state index contributed by atoms with van der Waals surface area (Å²) >= 11 is 5.77. The first kappa shape index (κ1) is 17.2. The molecule has 1 amide bonds. The van der Waals surface area contributed by atoms with Gasteiger partial charge in [-0.2, -0.15) is 0 Å². The van der Waals surface area contributed by atoms with Crippen molar-refractivity contribution >= 4 is 23.2 Å². The standard InChI is InChI=1S/C20H18ClFN2O/c1-14-6-2-3-7-16(14)19(24-10-4-5-11-24)13-20(25)23-15-8-9-18(22)17(21)12-15/h2-12,19H,13H2,1H3,(H,23,25). The fraction of sp³-hybridized carbons (Fsp3) is 0.150. The Balaban J connectivity index is 1.82. The third kappa shape index (κ3) is 4.09. The molecule has 1 unspecified atom stereocenters. The van der Waals surface area contributed by atoms with E-state index in [1.165, 1.54) is 18.2 Å². The molecule has 5 heteroatoms. The van der Waals surface area contributed by atoms with Crippen LogP contribution in [0.25, 0.3) is 0 Å². The van der Waals surface area contributed by atoms with Gasteiger partial charge in [-0.15, -0.1) is 0 Å². The Morgan fingerprint density at radius 2 is 1.88 bits per heavy atom. The molecule has 0 saturated heterocycles. The Hall–Kier alpha value is -2.59. The molecular formula is C20H18ClFN2O. The Bertz CT molecular complexity index is 877. The Morgan fingerprint density at radius 1 is 1.16 bits per heavy atom. The van der Waals surface area contributed by atoms with Gasteiger partial charge in [-0.1, -0.05) is 35.9 Å². The predicted molar refractivity (Wildman–Crippen MR) is 98.4 cm³/mol. The molecule has 3 aromatic rings. The number of anilines is 1. The molecular weight excluding hydrogens is 339 g/mol. The van der Waals surface area contributed by atoms with Crippen molar-refractivity contribution < 1.29 is 9.18 Å². The lowest BCUT2D eigenvalue weighted by Gasteiger charge is -2.21. The molecule has 0 bridgehead atoms. The highest BCUT2D eigenvalue weighted by Gasteiger charge is 2.19. The molecule has 3 nitrogen and oxygen atoms in total. The monoisotopic (exact) mass is 356 g/mol. The number of nitrogens with one attached hydrogen (secondary N) is 1. The van der Waals surface area contributed by atoms with Crippen LogP contribution < -0.4 is 5.32 Å². The third-order valence-corrected chi connectivity index (χ3v) is 4.41. The molecule has 0 radical (unpaired) electrons. The van der Waals surface area contributed by atoms with Crippen molar-refractivity contribution in [3.63, 3.8) is 0 Å². The number of hydrogen-bond donors (Lipinski definition) is 1. The van der Waals surface area contributed by atoms with E-state index in [0.29, 0.717) is 5.69 Å². The van der Waals surface area contributed by atoms with Gasteiger partial charge >= 0.3 is 0 Å². The van der Waals surface area contributed by atoms with Gasteiger partial charge in [0.1, 0.15) is 5.82 Å². The maximum absolute atomic E-state index is 13.2. The predicted octanol–water partition coefficient (Wildman–Crippen LogP) is 5.21. The number of carbonyl (C=O) groups is 1. The average molecular weight is 357 g/mol. The minimum atomic E-state index is -0.509. The summed E-state index contributed by atoms with van der Waals surface area (Å²) in [6, 6.07) is 15.9. The SMILES string of the molecule is Cc1ccccc1C(CC(=O)Nc1ccc(F)c(Cl)c1)n1cccc1. The van der Waals surface area contributed by atoms with Gasteiger partial charge in [-0.25, -0.2) is 4.39 Å². The zero-order valence-electron chi connectivity index (χ0n) is 13.7. The molecule has 128 valence electrons. The third-order valence-electron chi connectivity index (χ3n) is 4.12. The van der Waals surface area contributed by atoms with Gasteiger partial charge in [0, 0.05) is 18.1 Å². The van der Waals surface area contributed by atoms with Crippen LogP contribution in [0.4, 0.5) is 10.1 Å². The summed E-state index contributed by atoms with van der Waals surface area (Å²) in [4.78, 5) is 12.5. The lowest BCUT2D eigenvalue weighted by Crippen LogP contribution is -2.20. The molecule has 1 N–H and O–H groups in total. The summed E-state index contributed by atoms with van der Waals surface area (Å²) in [5.41, 5.74) is 2.69. The topological polar surface area (TPSA) is 34.0 Å². The van der Waals surface area contributed by atoms with Crippen LogP contribution in [-0.2, 0) is 4.79 Å². The average Bonchev–Trinajstić information content (AvgIpc) is 3.11. The normalized spacial score (nSPS) is 12.0. The molecule has 25 heavy (non-hydrogen) atoms. The number of amides is 1. The van der Waals surface area contributed by atoms with Crippen molar-refractivity contribution in [3.8, 4) is 0 Å². The van der Waals surface area contributed by atoms with Crippen molar-refractivity contribution in [2.24, 2.45) is 0 Å². The van der Waals surface area contributed by atoms with Crippen molar-refractivity contribution in [2.75, 3.05) is 5.32 Å². The number of hydrogen-bond acceptors (Lipinski definition) is 1.